The second kappa shape index (κ2) is 6.39. The molecule has 1 heteroatoms. The van der Waals surface area contributed by atoms with E-state index < -0.39 is 0 Å². The molecule has 0 bridgehead atoms. The Morgan fingerprint density at radius 1 is 1.24 bits per heavy atom. The summed E-state index contributed by atoms with van der Waals surface area (Å²) in [6.45, 7) is 6.23. The number of ketones is 1. The van der Waals surface area contributed by atoms with Crippen molar-refractivity contribution in [3.63, 3.8) is 0 Å². The van der Waals surface area contributed by atoms with Gasteiger partial charge in [0.2, 0.25) is 0 Å². The maximum atomic E-state index is 11.4. The van der Waals surface area contributed by atoms with E-state index in [2.05, 4.69) is 38.1 Å². The molecule has 0 aliphatic carbocycles. The lowest BCUT2D eigenvalue weighted by Crippen LogP contribution is -2.15. The zero-order chi connectivity index (χ0) is 12.7. The van der Waals surface area contributed by atoms with E-state index in [4.69, 9.17) is 0 Å². The van der Waals surface area contributed by atoms with Crippen molar-refractivity contribution in [1.82, 2.24) is 0 Å². The lowest BCUT2D eigenvalue weighted by Gasteiger charge is -2.21. The fraction of sp³-hybridized carbons (Fsp3) is 0.438. The van der Waals surface area contributed by atoms with E-state index in [1.165, 1.54) is 5.56 Å². The van der Waals surface area contributed by atoms with Gasteiger partial charge in [-0.2, -0.15) is 0 Å². The lowest BCUT2D eigenvalue weighted by molar-refractivity contribution is -0.120. The van der Waals surface area contributed by atoms with Gasteiger partial charge in [0.15, 0.2) is 0 Å². The van der Waals surface area contributed by atoms with Crippen LogP contribution in [0.15, 0.2) is 36.4 Å². The van der Waals surface area contributed by atoms with Gasteiger partial charge in [0.05, 0.1) is 0 Å². The molecule has 0 N–H and O–H groups in total. The highest BCUT2D eigenvalue weighted by Crippen LogP contribution is 2.26. The SMILES string of the molecule is CCC(=O)CC(C)(C)C/C=C/c1ccccc1. The molecule has 0 spiro atoms. The van der Waals surface area contributed by atoms with Gasteiger partial charge in [0, 0.05) is 12.8 Å². The molecule has 0 fully saturated rings. The van der Waals surface area contributed by atoms with Gasteiger partial charge >= 0.3 is 0 Å². The fourth-order valence-electron chi connectivity index (χ4n) is 1.81. The summed E-state index contributed by atoms with van der Waals surface area (Å²) in [4.78, 5) is 11.4. The van der Waals surface area contributed by atoms with Crippen LogP contribution in [0.2, 0.25) is 0 Å². The molecule has 0 radical (unpaired) electrons. The van der Waals surface area contributed by atoms with Gasteiger partial charge in [0.1, 0.15) is 5.78 Å². The van der Waals surface area contributed by atoms with E-state index >= 15 is 0 Å². The van der Waals surface area contributed by atoms with Crippen LogP contribution < -0.4 is 0 Å². The average Bonchev–Trinajstić information content (AvgIpc) is 2.29. The number of carbonyl (C=O) groups excluding carboxylic acids is 1. The Balaban J connectivity index is 2.49. The zero-order valence-electron chi connectivity index (χ0n) is 11.1. The van der Waals surface area contributed by atoms with Crippen molar-refractivity contribution < 1.29 is 4.79 Å². The van der Waals surface area contributed by atoms with E-state index in [-0.39, 0.29) is 5.41 Å². The Labute approximate surface area is 105 Å². The number of Topliss-reactive ketones (excluding diaryl/α,β-unsaturated/α-hetero) is 1. The summed E-state index contributed by atoms with van der Waals surface area (Å²) in [6, 6.07) is 10.2. The van der Waals surface area contributed by atoms with E-state index in [0.717, 1.165) is 6.42 Å². The van der Waals surface area contributed by atoms with Crippen molar-refractivity contribution in [3.05, 3.63) is 42.0 Å². The molecule has 0 saturated carbocycles. The number of hydrogen-bond acceptors (Lipinski definition) is 1. The van der Waals surface area contributed by atoms with Crippen LogP contribution in [0.1, 0.15) is 45.6 Å². The molecule has 0 aliphatic heterocycles. The van der Waals surface area contributed by atoms with Gasteiger partial charge in [0.25, 0.3) is 0 Å². The van der Waals surface area contributed by atoms with Crippen LogP contribution in [0.5, 0.6) is 0 Å². The Morgan fingerprint density at radius 3 is 2.47 bits per heavy atom. The minimum Gasteiger partial charge on any atom is -0.300 e. The van der Waals surface area contributed by atoms with Gasteiger partial charge < -0.3 is 0 Å². The summed E-state index contributed by atoms with van der Waals surface area (Å²) >= 11 is 0. The Hall–Kier alpha value is -1.37. The molecular formula is C16H22O. The molecule has 0 aliphatic rings. The molecule has 0 atom stereocenters. The molecule has 92 valence electrons. The predicted octanol–water partition coefficient (Wildman–Crippen LogP) is 4.49. The second-order valence-electron chi connectivity index (χ2n) is 5.25. The smallest absolute Gasteiger partial charge is 0.133 e. The molecule has 0 aromatic heterocycles. The standard InChI is InChI=1S/C16H22O/c1-4-15(17)13-16(2,3)12-8-11-14-9-6-5-7-10-14/h5-11H,4,12-13H2,1-3H3/b11-8+. The van der Waals surface area contributed by atoms with Gasteiger partial charge in [-0.05, 0) is 17.4 Å². The minimum absolute atomic E-state index is 0.0678. The Kier molecular flexibility index (Phi) is 5.14. The van der Waals surface area contributed by atoms with Gasteiger partial charge in [-0.1, -0.05) is 63.3 Å². The highest BCUT2D eigenvalue weighted by atomic mass is 16.1. The molecule has 1 aromatic rings. The summed E-state index contributed by atoms with van der Waals surface area (Å²) in [5, 5.41) is 0. The first-order valence-electron chi connectivity index (χ1n) is 6.27. The van der Waals surface area contributed by atoms with Crippen LogP contribution >= 0.6 is 0 Å². The minimum atomic E-state index is 0.0678. The Bertz CT molecular complexity index is 374. The average molecular weight is 230 g/mol. The highest BCUT2D eigenvalue weighted by molar-refractivity contribution is 5.78. The third-order valence-corrected chi connectivity index (χ3v) is 2.85. The highest BCUT2D eigenvalue weighted by Gasteiger charge is 2.19. The normalized spacial score (nSPS) is 11.9. The van der Waals surface area contributed by atoms with E-state index in [0.29, 0.717) is 18.6 Å². The van der Waals surface area contributed by atoms with Gasteiger partial charge in [-0.3, -0.25) is 4.79 Å². The van der Waals surface area contributed by atoms with Crippen LogP contribution in [-0.2, 0) is 4.79 Å². The number of rotatable bonds is 6. The van der Waals surface area contributed by atoms with Crippen LogP contribution in [0, 0.1) is 5.41 Å². The number of benzene rings is 1. The third-order valence-electron chi connectivity index (χ3n) is 2.85. The molecule has 1 nitrogen and oxygen atoms in total. The third kappa shape index (κ3) is 5.48. The van der Waals surface area contributed by atoms with Crippen molar-refractivity contribution >= 4 is 11.9 Å². The van der Waals surface area contributed by atoms with Crippen molar-refractivity contribution in [1.29, 1.82) is 0 Å². The van der Waals surface area contributed by atoms with Crippen molar-refractivity contribution in [2.24, 2.45) is 5.41 Å². The second-order valence-corrected chi connectivity index (χ2v) is 5.25. The molecule has 0 amide bonds. The van der Waals surface area contributed by atoms with Crippen molar-refractivity contribution in [3.8, 4) is 0 Å². The number of allylic oxidation sites excluding steroid dienone is 1. The van der Waals surface area contributed by atoms with E-state index in [1.54, 1.807) is 0 Å². The first kappa shape index (κ1) is 13.7. The largest absolute Gasteiger partial charge is 0.300 e. The summed E-state index contributed by atoms with van der Waals surface area (Å²) in [6.07, 6.45) is 6.54. The van der Waals surface area contributed by atoms with Crippen LogP contribution in [0.3, 0.4) is 0 Å². The van der Waals surface area contributed by atoms with Crippen LogP contribution in [0.25, 0.3) is 6.08 Å². The van der Waals surface area contributed by atoms with Crippen LogP contribution in [-0.4, -0.2) is 5.78 Å². The first-order chi connectivity index (χ1) is 8.03. The van der Waals surface area contributed by atoms with Gasteiger partial charge in [-0.25, -0.2) is 0 Å². The topological polar surface area (TPSA) is 17.1 Å². The molecular weight excluding hydrogens is 208 g/mol. The van der Waals surface area contributed by atoms with E-state index in [9.17, 15) is 4.79 Å². The number of hydrogen-bond donors (Lipinski definition) is 0. The summed E-state index contributed by atoms with van der Waals surface area (Å²) in [7, 11) is 0. The monoisotopic (exact) mass is 230 g/mol. The summed E-state index contributed by atoms with van der Waals surface area (Å²) < 4.78 is 0. The Morgan fingerprint density at radius 2 is 1.88 bits per heavy atom. The zero-order valence-corrected chi connectivity index (χ0v) is 11.1. The quantitative estimate of drug-likeness (QED) is 0.704. The molecule has 1 rings (SSSR count). The van der Waals surface area contributed by atoms with Crippen molar-refractivity contribution in [2.75, 3.05) is 0 Å². The molecule has 17 heavy (non-hydrogen) atoms. The lowest BCUT2D eigenvalue weighted by atomic mass is 9.83. The predicted molar refractivity (Wildman–Crippen MR) is 73.8 cm³/mol. The maximum absolute atomic E-state index is 11.4. The number of carbonyl (C=O) groups is 1. The maximum Gasteiger partial charge on any atom is 0.133 e. The van der Waals surface area contributed by atoms with Crippen LogP contribution in [0.4, 0.5) is 0 Å². The van der Waals surface area contributed by atoms with E-state index in [1.807, 2.05) is 25.1 Å². The molecule has 0 unspecified atom stereocenters. The molecule has 1 aromatic carbocycles. The van der Waals surface area contributed by atoms with Gasteiger partial charge in [-0.15, -0.1) is 0 Å². The summed E-state index contributed by atoms with van der Waals surface area (Å²) in [5.41, 5.74) is 1.28. The summed E-state index contributed by atoms with van der Waals surface area (Å²) in [5.74, 6) is 0.350. The fourth-order valence-corrected chi connectivity index (χ4v) is 1.81. The van der Waals surface area contributed by atoms with Crippen molar-refractivity contribution in [2.45, 2.75) is 40.0 Å². The first-order valence-corrected chi connectivity index (χ1v) is 6.27. The molecule has 0 saturated heterocycles. The molecule has 0 heterocycles.